The van der Waals surface area contributed by atoms with Crippen molar-refractivity contribution in [3.05, 3.63) is 29.3 Å². The summed E-state index contributed by atoms with van der Waals surface area (Å²) in [7, 11) is 0. The van der Waals surface area contributed by atoms with E-state index in [0.717, 1.165) is 36.3 Å². The number of likely N-dealkylation sites (tertiary alicyclic amines) is 1. The predicted molar refractivity (Wildman–Crippen MR) is 88.4 cm³/mol. The van der Waals surface area contributed by atoms with Gasteiger partial charge in [0.2, 0.25) is 0 Å². The summed E-state index contributed by atoms with van der Waals surface area (Å²) in [6, 6.07) is 5.98. The van der Waals surface area contributed by atoms with Crippen molar-refractivity contribution in [2.75, 3.05) is 19.7 Å². The first-order chi connectivity index (χ1) is 11.1. The molecule has 1 aliphatic heterocycles. The third-order valence-electron chi connectivity index (χ3n) is 4.51. The number of aliphatic hydroxyl groups excluding tert-OH is 1. The molecule has 5 nitrogen and oxygen atoms in total. The molecule has 2 aliphatic rings. The van der Waals surface area contributed by atoms with Crippen LogP contribution in [-0.4, -0.2) is 41.8 Å². The lowest BCUT2D eigenvalue weighted by Crippen LogP contribution is -2.46. The lowest BCUT2D eigenvalue weighted by molar-refractivity contribution is 0.0841. The quantitative estimate of drug-likeness (QED) is 0.876. The maximum absolute atomic E-state index is 12.2. The van der Waals surface area contributed by atoms with Crippen LogP contribution in [0.5, 0.6) is 5.75 Å². The summed E-state index contributed by atoms with van der Waals surface area (Å²) in [6.45, 7) is 4.39. The number of carbonyl (C=O) groups is 1. The Hall–Kier alpha value is -1.75. The van der Waals surface area contributed by atoms with Gasteiger partial charge in [0.15, 0.2) is 0 Å². The van der Waals surface area contributed by atoms with E-state index in [9.17, 15) is 9.90 Å². The summed E-state index contributed by atoms with van der Waals surface area (Å²) in [5, 5.41) is 12.6. The molecule has 1 unspecified atom stereocenters. The zero-order chi connectivity index (χ0) is 16.2. The van der Waals surface area contributed by atoms with E-state index in [-0.39, 0.29) is 6.03 Å². The Morgan fingerprint density at radius 1 is 1.39 bits per heavy atom. The number of aliphatic hydroxyl groups is 1. The molecule has 1 aliphatic carbocycles. The van der Waals surface area contributed by atoms with E-state index in [2.05, 4.69) is 5.32 Å². The summed E-state index contributed by atoms with van der Waals surface area (Å²) in [5.74, 6) is 1.57. The van der Waals surface area contributed by atoms with Gasteiger partial charge >= 0.3 is 6.03 Å². The van der Waals surface area contributed by atoms with Crippen molar-refractivity contribution in [3.8, 4) is 5.75 Å². The fourth-order valence-electron chi connectivity index (χ4n) is 2.86. The number of hydrogen-bond donors (Lipinski definition) is 2. The van der Waals surface area contributed by atoms with Crippen molar-refractivity contribution < 1.29 is 14.6 Å². The minimum Gasteiger partial charge on any atom is -0.493 e. The number of nitrogens with zero attached hydrogens (tertiary/aromatic N) is 1. The molecule has 5 heteroatoms. The molecule has 23 heavy (non-hydrogen) atoms. The standard InChI is InChI=1S/C18H26N2O3/c1-13-4-7-15(17(9-13)23-12-14-5-6-14)10-19-18(22)20-8-2-3-16(21)11-20/h4,7,9,14,16,21H,2-3,5-6,8,10-12H2,1H3,(H,19,22). The first kappa shape index (κ1) is 16.1. The van der Waals surface area contributed by atoms with Gasteiger partial charge in [0.1, 0.15) is 5.75 Å². The van der Waals surface area contributed by atoms with Gasteiger partial charge < -0.3 is 20.1 Å². The summed E-state index contributed by atoms with van der Waals surface area (Å²) < 4.78 is 5.93. The molecule has 126 valence electrons. The highest BCUT2D eigenvalue weighted by molar-refractivity contribution is 5.74. The van der Waals surface area contributed by atoms with Gasteiger partial charge in [0.25, 0.3) is 0 Å². The van der Waals surface area contributed by atoms with Crippen molar-refractivity contribution in [1.82, 2.24) is 10.2 Å². The Bertz CT molecular complexity index is 557. The molecule has 0 aromatic heterocycles. The molecule has 0 spiro atoms. The van der Waals surface area contributed by atoms with E-state index in [4.69, 9.17) is 4.74 Å². The van der Waals surface area contributed by atoms with Gasteiger partial charge in [-0.25, -0.2) is 4.79 Å². The van der Waals surface area contributed by atoms with Crippen LogP contribution in [0.15, 0.2) is 18.2 Å². The zero-order valence-electron chi connectivity index (χ0n) is 13.8. The van der Waals surface area contributed by atoms with Crippen molar-refractivity contribution in [2.45, 2.75) is 45.3 Å². The Balaban J connectivity index is 1.56. The molecule has 0 radical (unpaired) electrons. The number of aryl methyl sites for hydroxylation is 1. The highest BCUT2D eigenvalue weighted by Gasteiger charge is 2.23. The van der Waals surface area contributed by atoms with Crippen molar-refractivity contribution in [3.63, 3.8) is 0 Å². The van der Waals surface area contributed by atoms with Crippen LogP contribution in [0, 0.1) is 12.8 Å². The lowest BCUT2D eigenvalue weighted by Gasteiger charge is -2.30. The molecule has 1 aromatic carbocycles. The fourth-order valence-corrected chi connectivity index (χ4v) is 2.86. The van der Waals surface area contributed by atoms with Gasteiger partial charge in [-0.3, -0.25) is 0 Å². The second-order valence-corrected chi connectivity index (χ2v) is 6.77. The Labute approximate surface area is 137 Å². The maximum Gasteiger partial charge on any atom is 0.317 e. The highest BCUT2D eigenvalue weighted by Crippen LogP contribution is 2.30. The van der Waals surface area contributed by atoms with Crippen molar-refractivity contribution in [1.29, 1.82) is 0 Å². The number of piperidine rings is 1. The van der Waals surface area contributed by atoms with Gasteiger partial charge in [-0.15, -0.1) is 0 Å². The van der Waals surface area contributed by atoms with Crippen LogP contribution in [0.2, 0.25) is 0 Å². The van der Waals surface area contributed by atoms with Crippen LogP contribution >= 0.6 is 0 Å². The number of β-amino-alcohol motifs (C(OH)–C–C–N with tert-alkyl or cyclic N) is 1. The van der Waals surface area contributed by atoms with E-state index in [1.54, 1.807) is 4.90 Å². The van der Waals surface area contributed by atoms with Gasteiger partial charge in [-0.2, -0.15) is 0 Å². The predicted octanol–water partition coefficient (Wildman–Crippen LogP) is 2.45. The molecule has 3 rings (SSSR count). The number of rotatable bonds is 5. The van der Waals surface area contributed by atoms with Crippen LogP contribution in [0.25, 0.3) is 0 Å². The third-order valence-corrected chi connectivity index (χ3v) is 4.51. The fraction of sp³-hybridized carbons (Fsp3) is 0.611. The average Bonchev–Trinajstić information content (AvgIpc) is 3.36. The minimum atomic E-state index is -0.397. The number of urea groups is 1. The Morgan fingerprint density at radius 3 is 2.96 bits per heavy atom. The first-order valence-corrected chi connectivity index (χ1v) is 8.55. The van der Waals surface area contributed by atoms with Gasteiger partial charge in [0.05, 0.1) is 12.7 Å². The van der Waals surface area contributed by atoms with Gasteiger partial charge in [-0.05, 0) is 50.2 Å². The van der Waals surface area contributed by atoms with Crippen molar-refractivity contribution in [2.24, 2.45) is 5.92 Å². The number of carbonyl (C=O) groups excluding carboxylic acids is 1. The molecule has 2 fully saturated rings. The van der Waals surface area contributed by atoms with Crippen molar-refractivity contribution >= 4 is 6.03 Å². The molecule has 1 heterocycles. The average molecular weight is 318 g/mol. The summed E-state index contributed by atoms with van der Waals surface area (Å²) in [5.41, 5.74) is 2.16. The molecular formula is C18H26N2O3. The number of benzene rings is 1. The van der Waals surface area contributed by atoms with E-state index in [1.807, 2.05) is 25.1 Å². The van der Waals surface area contributed by atoms with Gasteiger partial charge in [-0.1, -0.05) is 12.1 Å². The number of nitrogens with one attached hydrogen (secondary N) is 1. The first-order valence-electron chi connectivity index (χ1n) is 8.55. The number of hydrogen-bond acceptors (Lipinski definition) is 3. The molecular weight excluding hydrogens is 292 g/mol. The third kappa shape index (κ3) is 4.61. The smallest absolute Gasteiger partial charge is 0.317 e. The summed E-state index contributed by atoms with van der Waals surface area (Å²) in [6.07, 6.45) is 3.76. The normalized spacial score (nSPS) is 21.1. The number of amides is 2. The second-order valence-electron chi connectivity index (χ2n) is 6.77. The monoisotopic (exact) mass is 318 g/mol. The van der Waals surface area contributed by atoms with Crippen LogP contribution in [0.1, 0.15) is 36.8 Å². The molecule has 1 aromatic rings. The van der Waals surface area contributed by atoms with Crippen LogP contribution in [-0.2, 0) is 6.54 Å². The minimum absolute atomic E-state index is 0.113. The van der Waals surface area contributed by atoms with Crippen LogP contribution in [0.4, 0.5) is 4.79 Å². The second kappa shape index (κ2) is 7.21. The van der Waals surface area contributed by atoms with E-state index in [0.29, 0.717) is 25.6 Å². The molecule has 1 saturated carbocycles. The van der Waals surface area contributed by atoms with E-state index >= 15 is 0 Å². The summed E-state index contributed by atoms with van der Waals surface area (Å²) >= 11 is 0. The van der Waals surface area contributed by atoms with Gasteiger partial charge in [0, 0.05) is 25.2 Å². The zero-order valence-corrected chi connectivity index (χ0v) is 13.8. The number of ether oxygens (including phenoxy) is 1. The molecule has 0 bridgehead atoms. The summed E-state index contributed by atoms with van der Waals surface area (Å²) in [4.78, 5) is 13.9. The molecule has 2 N–H and O–H groups in total. The van der Waals surface area contributed by atoms with Crippen LogP contribution < -0.4 is 10.1 Å². The SMILES string of the molecule is Cc1ccc(CNC(=O)N2CCCC(O)C2)c(OCC2CC2)c1. The Kier molecular flexibility index (Phi) is 5.06. The molecule has 1 saturated heterocycles. The maximum atomic E-state index is 12.2. The largest absolute Gasteiger partial charge is 0.493 e. The Morgan fingerprint density at radius 2 is 2.22 bits per heavy atom. The topological polar surface area (TPSA) is 61.8 Å². The lowest BCUT2D eigenvalue weighted by atomic mass is 10.1. The molecule has 2 amide bonds. The highest BCUT2D eigenvalue weighted by atomic mass is 16.5. The molecule has 1 atom stereocenters. The van der Waals surface area contributed by atoms with E-state index < -0.39 is 6.10 Å². The van der Waals surface area contributed by atoms with Crippen LogP contribution in [0.3, 0.4) is 0 Å². The van der Waals surface area contributed by atoms with E-state index in [1.165, 1.54) is 12.8 Å².